The van der Waals surface area contributed by atoms with Crippen molar-refractivity contribution in [3.8, 4) is 17.0 Å². The average molecular weight is 432 g/mol. The Labute approximate surface area is 180 Å². The molecule has 0 amide bonds. The zero-order valence-corrected chi connectivity index (χ0v) is 18.2. The van der Waals surface area contributed by atoms with E-state index >= 15 is 0 Å². The SMILES string of the molecule is COCCCOc1cc2c(cc1Cl)-c1cc(=O)c(C(=O)O)cn1[C@H]1C2CCC1(C)C. The van der Waals surface area contributed by atoms with Crippen LogP contribution < -0.4 is 10.2 Å². The maximum atomic E-state index is 12.5. The number of halogens is 1. The maximum Gasteiger partial charge on any atom is 0.341 e. The monoisotopic (exact) mass is 431 g/mol. The van der Waals surface area contributed by atoms with Crippen LogP contribution in [0.4, 0.5) is 0 Å². The Hall–Kier alpha value is -2.31. The zero-order valence-electron chi connectivity index (χ0n) is 17.4. The Bertz CT molecular complexity index is 1060. The number of ether oxygens (including phenoxy) is 2. The van der Waals surface area contributed by atoms with Crippen molar-refractivity contribution in [1.82, 2.24) is 4.57 Å². The van der Waals surface area contributed by atoms with Gasteiger partial charge in [0.25, 0.3) is 0 Å². The fourth-order valence-electron chi connectivity index (χ4n) is 5.02. The van der Waals surface area contributed by atoms with Gasteiger partial charge in [0.1, 0.15) is 11.3 Å². The molecule has 7 heteroatoms. The molecule has 2 aromatic rings. The molecule has 4 rings (SSSR count). The minimum Gasteiger partial charge on any atom is -0.492 e. The van der Waals surface area contributed by atoms with Crippen molar-refractivity contribution < 1.29 is 19.4 Å². The summed E-state index contributed by atoms with van der Waals surface area (Å²) in [7, 11) is 1.66. The topological polar surface area (TPSA) is 77.8 Å². The van der Waals surface area contributed by atoms with Crippen molar-refractivity contribution in [1.29, 1.82) is 0 Å². The lowest BCUT2D eigenvalue weighted by molar-refractivity contribution is 0.0693. The number of benzene rings is 1. The minimum absolute atomic E-state index is 0.0406. The first kappa shape index (κ1) is 20.9. The predicted octanol–water partition coefficient (Wildman–Crippen LogP) is 4.74. The highest BCUT2D eigenvalue weighted by Crippen LogP contribution is 2.59. The number of carbonyl (C=O) groups is 1. The van der Waals surface area contributed by atoms with E-state index in [4.69, 9.17) is 21.1 Å². The second-order valence-corrected chi connectivity index (χ2v) is 9.20. The van der Waals surface area contributed by atoms with Crippen molar-refractivity contribution in [2.45, 2.75) is 45.1 Å². The predicted molar refractivity (Wildman–Crippen MR) is 115 cm³/mol. The summed E-state index contributed by atoms with van der Waals surface area (Å²) in [5.41, 5.74) is 1.96. The normalized spacial score (nSPS) is 20.9. The van der Waals surface area contributed by atoms with Crippen LogP contribution in [0.15, 0.2) is 29.2 Å². The van der Waals surface area contributed by atoms with E-state index in [9.17, 15) is 14.7 Å². The third-order valence-corrected chi connectivity index (χ3v) is 6.72. The van der Waals surface area contributed by atoms with Crippen LogP contribution in [-0.4, -0.2) is 36.0 Å². The molecule has 2 aliphatic rings. The van der Waals surface area contributed by atoms with Crippen LogP contribution in [0, 0.1) is 5.41 Å². The number of fused-ring (bicyclic) bond motifs is 6. The van der Waals surface area contributed by atoms with Gasteiger partial charge in [-0.05, 0) is 36.0 Å². The third kappa shape index (κ3) is 3.42. The molecule has 1 unspecified atom stereocenters. The number of carboxylic acids is 1. The first-order valence-electron chi connectivity index (χ1n) is 10.2. The second-order valence-electron chi connectivity index (χ2n) is 8.79. The minimum atomic E-state index is -1.20. The number of aromatic nitrogens is 1. The molecular formula is C23H26ClNO5. The molecule has 6 nitrogen and oxygen atoms in total. The van der Waals surface area contributed by atoms with Crippen LogP contribution >= 0.6 is 11.6 Å². The number of pyridine rings is 1. The first-order chi connectivity index (χ1) is 14.2. The molecule has 1 fully saturated rings. The summed E-state index contributed by atoms with van der Waals surface area (Å²) >= 11 is 6.52. The molecule has 1 aliphatic carbocycles. The standard InChI is InChI=1S/C23H26ClNO5/c1-23(2)6-5-13-14-10-20(30-8-4-7-29-3)17(24)9-15(14)18-11-19(26)16(22(27)28)12-25(18)21(13)23/h9-13,21H,4-8H2,1-3H3,(H,27,28)/t13?,21-/m0/s1. The molecule has 1 aromatic heterocycles. The molecule has 1 aromatic carbocycles. The fourth-order valence-corrected chi connectivity index (χ4v) is 5.24. The number of hydrogen-bond donors (Lipinski definition) is 1. The van der Waals surface area contributed by atoms with Gasteiger partial charge >= 0.3 is 5.97 Å². The molecule has 0 saturated heterocycles. The van der Waals surface area contributed by atoms with Gasteiger partial charge in [-0.25, -0.2) is 4.79 Å². The lowest BCUT2D eigenvalue weighted by atomic mass is 9.77. The van der Waals surface area contributed by atoms with E-state index in [1.165, 1.54) is 12.3 Å². The highest BCUT2D eigenvalue weighted by Gasteiger charge is 2.47. The molecule has 30 heavy (non-hydrogen) atoms. The van der Waals surface area contributed by atoms with Crippen molar-refractivity contribution in [2.75, 3.05) is 20.3 Å². The first-order valence-corrected chi connectivity index (χ1v) is 10.6. The van der Waals surface area contributed by atoms with E-state index < -0.39 is 11.4 Å². The van der Waals surface area contributed by atoms with Crippen LogP contribution in [0.5, 0.6) is 5.75 Å². The molecule has 1 N–H and O–H groups in total. The number of nitrogens with zero attached hydrogens (tertiary/aromatic N) is 1. The van der Waals surface area contributed by atoms with E-state index in [2.05, 4.69) is 13.8 Å². The van der Waals surface area contributed by atoms with Gasteiger partial charge < -0.3 is 19.1 Å². The Morgan fingerprint density at radius 3 is 2.77 bits per heavy atom. The number of aromatic carboxylic acids is 1. The van der Waals surface area contributed by atoms with E-state index in [0.29, 0.717) is 29.7 Å². The number of hydrogen-bond acceptors (Lipinski definition) is 4. The summed E-state index contributed by atoms with van der Waals surface area (Å²) in [4.78, 5) is 24.1. The Kier molecular flexibility index (Phi) is 5.41. The van der Waals surface area contributed by atoms with E-state index in [0.717, 1.165) is 30.4 Å². The summed E-state index contributed by atoms with van der Waals surface area (Å²) < 4.78 is 13.0. The highest BCUT2D eigenvalue weighted by atomic mass is 35.5. The molecule has 2 heterocycles. The Balaban J connectivity index is 1.86. The van der Waals surface area contributed by atoms with Gasteiger partial charge in [0.2, 0.25) is 0 Å². The Morgan fingerprint density at radius 2 is 2.07 bits per heavy atom. The molecule has 1 aliphatic heterocycles. The van der Waals surface area contributed by atoms with Crippen LogP contribution in [0.3, 0.4) is 0 Å². The number of rotatable bonds is 6. The van der Waals surface area contributed by atoms with Gasteiger partial charge in [-0.3, -0.25) is 4.79 Å². The molecule has 0 bridgehead atoms. The van der Waals surface area contributed by atoms with Crippen molar-refractivity contribution >= 4 is 17.6 Å². The van der Waals surface area contributed by atoms with Crippen LogP contribution in [0.2, 0.25) is 5.02 Å². The van der Waals surface area contributed by atoms with Crippen LogP contribution in [-0.2, 0) is 4.74 Å². The van der Waals surface area contributed by atoms with Gasteiger partial charge in [0, 0.05) is 49.9 Å². The summed E-state index contributed by atoms with van der Waals surface area (Å²) in [5, 5.41) is 9.95. The lowest BCUT2D eigenvalue weighted by Crippen LogP contribution is -2.32. The molecule has 2 atom stereocenters. The van der Waals surface area contributed by atoms with Gasteiger partial charge in [0.05, 0.1) is 17.3 Å². The smallest absolute Gasteiger partial charge is 0.341 e. The zero-order chi connectivity index (χ0) is 21.6. The molecule has 160 valence electrons. The third-order valence-electron chi connectivity index (χ3n) is 6.42. The van der Waals surface area contributed by atoms with E-state index in [-0.39, 0.29) is 22.9 Å². The summed E-state index contributed by atoms with van der Waals surface area (Å²) in [6.07, 6.45) is 4.25. The molecule has 0 radical (unpaired) electrons. The summed E-state index contributed by atoms with van der Waals surface area (Å²) in [6, 6.07) is 5.34. The molecule has 0 spiro atoms. The average Bonchev–Trinajstić information content (AvgIpc) is 3.01. The van der Waals surface area contributed by atoms with Gasteiger partial charge in [0.15, 0.2) is 5.43 Å². The van der Waals surface area contributed by atoms with Crippen molar-refractivity contribution in [2.24, 2.45) is 5.41 Å². The van der Waals surface area contributed by atoms with Gasteiger partial charge in [-0.2, -0.15) is 0 Å². The second kappa shape index (κ2) is 7.75. The summed E-state index contributed by atoms with van der Waals surface area (Å²) in [6.45, 7) is 5.51. The van der Waals surface area contributed by atoms with Crippen LogP contribution in [0.25, 0.3) is 11.3 Å². The fraction of sp³-hybridized carbons (Fsp3) is 0.478. The highest BCUT2D eigenvalue weighted by molar-refractivity contribution is 6.32. The maximum absolute atomic E-state index is 12.5. The van der Waals surface area contributed by atoms with Crippen molar-refractivity contribution in [3.05, 3.63) is 50.8 Å². The summed E-state index contributed by atoms with van der Waals surface area (Å²) in [5.74, 6) is -0.371. The Morgan fingerprint density at radius 1 is 1.30 bits per heavy atom. The number of methoxy groups -OCH3 is 1. The quantitative estimate of drug-likeness (QED) is 0.668. The van der Waals surface area contributed by atoms with Crippen molar-refractivity contribution in [3.63, 3.8) is 0 Å². The van der Waals surface area contributed by atoms with E-state index in [1.54, 1.807) is 7.11 Å². The molecular weight excluding hydrogens is 406 g/mol. The van der Waals surface area contributed by atoms with Crippen LogP contribution in [0.1, 0.15) is 61.0 Å². The van der Waals surface area contributed by atoms with Gasteiger partial charge in [-0.1, -0.05) is 25.4 Å². The van der Waals surface area contributed by atoms with Gasteiger partial charge in [-0.15, -0.1) is 0 Å². The lowest BCUT2D eigenvalue weighted by Gasteiger charge is -2.40. The largest absolute Gasteiger partial charge is 0.492 e. The molecule has 1 saturated carbocycles. The van der Waals surface area contributed by atoms with E-state index in [1.807, 2.05) is 16.7 Å². The number of carboxylic acid groups (broad SMARTS) is 1.